The lowest BCUT2D eigenvalue weighted by Crippen LogP contribution is -1.84. The van der Waals surface area contributed by atoms with Crippen LogP contribution in [-0.2, 0) is 0 Å². The minimum absolute atomic E-state index is 0.427. The third-order valence-electron chi connectivity index (χ3n) is 2.33. The molecule has 0 saturated carbocycles. The summed E-state index contributed by atoms with van der Waals surface area (Å²) in [5, 5.41) is 7.92. The number of nitrogens with two attached hydrogens (primary N) is 1. The minimum atomic E-state index is 0.427. The number of benzene rings is 1. The van der Waals surface area contributed by atoms with E-state index in [1.165, 1.54) is 0 Å². The number of anilines is 1. The van der Waals surface area contributed by atoms with Gasteiger partial charge in [0.15, 0.2) is 0 Å². The van der Waals surface area contributed by atoms with Gasteiger partial charge in [0.25, 0.3) is 5.89 Å². The molecule has 0 radical (unpaired) electrons. The molecule has 3 aromatic rings. The van der Waals surface area contributed by atoms with Gasteiger partial charge in [0.2, 0.25) is 5.89 Å². The van der Waals surface area contributed by atoms with E-state index in [1.807, 2.05) is 12.1 Å². The molecule has 0 saturated heterocycles. The van der Waals surface area contributed by atoms with E-state index in [0.29, 0.717) is 17.5 Å². The first kappa shape index (κ1) is 9.65. The van der Waals surface area contributed by atoms with Crippen molar-refractivity contribution >= 4 is 5.69 Å². The van der Waals surface area contributed by atoms with Gasteiger partial charge in [-0.05, 0) is 24.3 Å². The fourth-order valence-corrected chi connectivity index (χ4v) is 1.51. The lowest BCUT2D eigenvalue weighted by Gasteiger charge is -1.95. The van der Waals surface area contributed by atoms with Gasteiger partial charge in [0, 0.05) is 11.3 Å². The lowest BCUT2D eigenvalue weighted by atomic mass is 10.2. The van der Waals surface area contributed by atoms with E-state index in [0.717, 1.165) is 11.1 Å². The molecule has 2 heterocycles. The average molecular weight is 227 g/mol. The third-order valence-corrected chi connectivity index (χ3v) is 2.33. The Bertz CT molecular complexity index is 629. The minimum Gasteiger partial charge on any atom is -0.472 e. The Balaban J connectivity index is 2.01. The summed E-state index contributed by atoms with van der Waals surface area (Å²) < 4.78 is 10.5. The molecular weight excluding hydrogens is 218 g/mol. The zero-order valence-electron chi connectivity index (χ0n) is 8.83. The fourth-order valence-electron chi connectivity index (χ4n) is 1.51. The summed E-state index contributed by atoms with van der Waals surface area (Å²) in [6.45, 7) is 0. The molecule has 3 rings (SSSR count). The predicted octanol–water partition coefficient (Wildman–Crippen LogP) is 2.58. The molecule has 0 aliphatic rings. The van der Waals surface area contributed by atoms with E-state index in [1.54, 1.807) is 30.7 Å². The van der Waals surface area contributed by atoms with E-state index in [9.17, 15) is 0 Å². The summed E-state index contributed by atoms with van der Waals surface area (Å²) in [5.74, 6) is 0.865. The Morgan fingerprint density at radius 1 is 1.00 bits per heavy atom. The van der Waals surface area contributed by atoms with Crippen LogP contribution in [0.3, 0.4) is 0 Å². The first-order chi connectivity index (χ1) is 8.33. The Morgan fingerprint density at radius 2 is 1.82 bits per heavy atom. The zero-order chi connectivity index (χ0) is 11.7. The van der Waals surface area contributed by atoms with Crippen LogP contribution in [0.25, 0.3) is 22.9 Å². The molecule has 0 amide bonds. The van der Waals surface area contributed by atoms with Crippen LogP contribution in [0.15, 0.2) is 51.7 Å². The molecule has 5 nitrogen and oxygen atoms in total. The summed E-state index contributed by atoms with van der Waals surface area (Å²) in [5.41, 5.74) is 7.91. The van der Waals surface area contributed by atoms with Crippen molar-refractivity contribution in [2.75, 3.05) is 5.73 Å². The molecule has 0 aliphatic carbocycles. The highest BCUT2D eigenvalue weighted by Gasteiger charge is 2.11. The van der Waals surface area contributed by atoms with Crippen LogP contribution in [0.4, 0.5) is 5.69 Å². The van der Waals surface area contributed by atoms with Crippen molar-refractivity contribution in [1.82, 2.24) is 10.2 Å². The standard InChI is InChI=1S/C12H9N3O2/c13-10-3-1-2-8(6-10)11-14-15-12(17-11)9-4-5-16-7-9/h1-7H,13H2. The van der Waals surface area contributed by atoms with Crippen LogP contribution in [0.5, 0.6) is 0 Å². The molecule has 2 N–H and O–H groups in total. The zero-order valence-corrected chi connectivity index (χ0v) is 8.83. The molecule has 5 heteroatoms. The van der Waals surface area contributed by atoms with Crippen LogP contribution in [0.2, 0.25) is 0 Å². The quantitative estimate of drug-likeness (QED) is 0.681. The van der Waals surface area contributed by atoms with Crippen LogP contribution >= 0.6 is 0 Å². The van der Waals surface area contributed by atoms with Crippen LogP contribution in [0.1, 0.15) is 0 Å². The first-order valence-corrected chi connectivity index (χ1v) is 5.05. The molecule has 0 fully saturated rings. The van der Waals surface area contributed by atoms with Gasteiger partial charge in [-0.3, -0.25) is 0 Å². The first-order valence-electron chi connectivity index (χ1n) is 5.05. The van der Waals surface area contributed by atoms with Crippen molar-refractivity contribution in [2.45, 2.75) is 0 Å². The van der Waals surface area contributed by atoms with E-state index in [4.69, 9.17) is 14.6 Å². The van der Waals surface area contributed by atoms with Gasteiger partial charge in [-0.1, -0.05) is 6.07 Å². The number of furan rings is 1. The van der Waals surface area contributed by atoms with Gasteiger partial charge in [0.05, 0.1) is 11.8 Å². The van der Waals surface area contributed by atoms with Crippen LogP contribution < -0.4 is 5.73 Å². The second-order valence-corrected chi connectivity index (χ2v) is 3.55. The van der Waals surface area contributed by atoms with Gasteiger partial charge < -0.3 is 14.6 Å². The maximum absolute atomic E-state index is 5.69. The topological polar surface area (TPSA) is 78.1 Å². The summed E-state index contributed by atoms with van der Waals surface area (Å²) >= 11 is 0. The van der Waals surface area contributed by atoms with Crippen molar-refractivity contribution in [2.24, 2.45) is 0 Å². The number of hydrogen-bond acceptors (Lipinski definition) is 5. The fraction of sp³-hybridized carbons (Fsp3) is 0. The van der Waals surface area contributed by atoms with Crippen molar-refractivity contribution in [3.05, 3.63) is 42.9 Å². The van der Waals surface area contributed by atoms with Crippen LogP contribution in [-0.4, -0.2) is 10.2 Å². The molecular formula is C12H9N3O2. The average Bonchev–Trinajstić information content (AvgIpc) is 3.00. The van der Waals surface area contributed by atoms with Gasteiger partial charge in [-0.25, -0.2) is 0 Å². The molecule has 17 heavy (non-hydrogen) atoms. The summed E-state index contributed by atoms with van der Waals surface area (Å²) in [6.07, 6.45) is 3.11. The highest BCUT2D eigenvalue weighted by Crippen LogP contribution is 2.24. The monoisotopic (exact) mass is 227 g/mol. The van der Waals surface area contributed by atoms with Crippen molar-refractivity contribution in [1.29, 1.82) is 0 Å². The summed E-state index contributed by atoms with van der Waals surface area (Å²) in [4.78, 5) is 0. The molecule has 0 spiro atoms. The van der Waals surface area contributed by atoms with Crippen molar-refractivity contribution in [3.8, 4) is 22.9 Å². The maximum atomic E-state index is 5.69. The Labute approximate surface area is 96.9 Å². The van der Waals surface area contributed by atoms with E-state index in [2.05, 4.69) is 10.2 Å². The van der Waals surface area contributed by atoms with Crippen molar-refractivity contribution in [3.63, 3.8) is 0 Å². The number of nitrogens with zero attached hydrogens (tertiary/aromatic N) is 2. The molecule has 84 valence electrons. The third kappa shape index (κ3) is 1.78. The van der Waals surface area contributed by atoms with Gasteiger partial charge in [0.1, 0.15) is 6.26 Å². The molecule has 0 atom stereocenters. The number of nitrogen functional groups attached to an aromatic ring is 1. The Morgan fingerprint density at radius 3 is 2.53 bits per heavy atom. The summed E-state index contributed by atoms with van der Waals surface area (Å²) in [6, 6.07) is 9.05. The number of aromatic nitrogens is 2. The molecule has 0 bridgehead atoms. The highest BCUT2D eigenvalue weighted by molar-refractivity contribution is 5.61. The largest absolute Gasteiger partial charge is 0.472 e. The number of hydrogen-bond donors (Lipinski definition) is 1. The lowest BCUT2D eigenvalue weighted by molar-refractivity contribution is 0.560. The SMILES string of the molecule is Nc1cccc(-c2nnc(-c3ccoc3)o2)c1. The normalized spacial score (nSPS) is 10.6. The molecule has 0 unspecified atom stereocenters. The van der Waals surface area contributed by atoms with Gasteiger partial charge in [-0.2, -0.15) is 0 Å². The van der Waals surface area contributed by atoms with Gasteiger partial charge in [-0.15, -0.1) is 10.2 Å². The molecule has 1 aromatic carbocycles. The van der Waals surface area contributed by atoms with Gasteiger partial charge >= 0.3 is 0 Å². The maximum Gasteiger partial charge on any atom is 0.251 e. The Hall–Kier alpha value is -2.56. The second-order valence-electron chi connectivity index (χ2n) is 3.55. The van der Waals surface area contributed by atoms with Crippen LogP contribution in [0, 0.1) is 0 Å². The van der Waals surface area contributed by atoms with E-state index >= 15 is 0 Å². The number of rotatable bonds is 2. The second kappa shape index (κ2) is 3.79. The van der Waals surface area contributed by atoms with E-state index in [-0.39, 0.29) is 0 Å². The molecule has 2 aromatic heterocycles. The highest BCUT2D eigenvalue weighted by atomic mass is 16.4. The van der Waals surface area contributed by atoms with Crippen molar-refractivity contribution < 1.29 is 8.83 Å². The Kier molecular flexibility index (Phi) is 2.15. The molecule has 0 aliphatic heterocycles. The smallest absolute Gasteiger partial charge is 0.251 e. The summed E-state index contributed by atoms with van der Waals surface area (Å²) in [7, 11) is 0. The predicted molar refractivity (Wildman–Crippen MR) is 61.8 cm³/mol. The van der Waals surface area contributed by atoms with E-state index < -0.39 is 0 Å².